The first-order chi connectivity index (χ1) is 23.1. The summed E-state index contributed by atoms with van der Waals surface area (Å²) in [5.41, 5.74) is -0.248. The van der Waals surface area contributed by atoms with Crippen molar-refractivity contribution in [1.82, 2.24) is 10.2 Å². The smallest absolute Gasteiger partial charge is 0.313 e. The monoisotopic (exact) mass is 675 g/mol. The summed E-state index contributed by atoms with van der Waals surface area (Å²) in [4.78, 5) is 59.9. The zero-order valence-corrected chi connectivity index (χ0v) is 28.1. The van der Waals surface area contributed by atoms with Gasteiger partial charge in [0, 0.05) is 23.7 Å². The number of fused-ring (bicyclic) bond motifs is 2. The molecule has 4 heterocycles. The summed E-state index contributed by atoms with van der Waals surface area (Å²) >= 11 is 6.16. The van der Waals surface area contributed by atoms with Crippen LogP contribution < -0.4 is 10.2 Å². The molecular weight excluding hydrogens is 634 g/mol. The molecule has 4 aliphatic rings. The van der Waals surface area contributed by atoms with Gasteiger partial charge in [0.05, 0.1) is 30.7 Å². The highest BCUT2D eigenvalue weighted by Crippen LogP contribution is 2.54. The van der Waals surface area contributed by atoms with Crippen LogP contribution in [0.3, 0.4) is 0 Å². The fourth-order valence-corrected chi connectivity index (χ4v) is 7.84. The van der Waals surface area contributed by atoms with Crippen LogP contribution >= 0.6 is 11.6 Å². The number of cyclic esters (lactones) is 1. The van der Waals surface area contributed by atoms with Crippen molar-refractivity contribution >= 4 is 41.0 Å². The predicted molar refractivity (Wildman–Crippen MR) is 180 cm³/mol. The highest BCUT2D eigenvalue weighted by atomic mass is 35.5. The van der Waals surface area contributed by atoms with E-state index in [9.17, 15) is 24.3 Å². The average Bonchev–Trinajstić information content (AvgIpc) is 3.45. The molecule has 3 amide bonds. The van der Waals surface area contributed by atoms with E-state index in [1.165, 1.54) is 4.90 Å². The van der Waals surface area contributed by atoms with Gasteiger partial charge in [-0.05, 0) is 55.5 Å². The van der Waals surface area contributed by atoms with Gasteiger partial charge in [-0.15, -0.1) is 0 Å². The Labute approximate surface area is 285 Å². The lowest BCUT2D eigenvalue weighted by Gasteiger charge is -2.39. The Hall–Kier alpha value is -3.99. The minimum Gasteiger partial charge on any atom is -0.455 e. The van der Waals surface area contributed by atoms with Crippen LogP contribution in [-0.4, -0.2) is 76.7 Å². The number of halogens is 1. The molecule has 11 heteroatoms. The molecule has 2 aromatic carbocycles. The van der Waals surface area contributed by atoms with E-state index in [2.05, 4.69) is 5.32 Å². The normalized spacial score (nSPS) is 32.0. The number of hydrogen-bond acceptors (Lipinski definition) is 7. The van der Waals surface area contributed by atoms with Crippen molar-refractivity contribution in [2.45, 2.75) is 76.0 Å². The Morgan fingerprint density at radius 1 is 1.02 bits per heavy atom. The number of likely N-dealkylation sites (tertiary alicyclic amines) is 1. The van der Waals surface area contributed by atoms with Crippen LogP contribution in [0.5, 0.6) is 0 Å². The van der Waals surface area contributed by atoms with Gasteiger partial charge < -0.3 is 29.7 Å². The van der Waals surface area contributed by atoms with Crippen molar-refractivity contribution in [3.63, 3.8) is 0 Å². The summed E-state index contributed by atoms with van der Waals surface area (Å²) < 4.78 is 13.1. The molecule has 254 valence electrons. The number of aliphatic hydroxyl groups is 1. The zero-order chi connectivity index (χ0) is 34.2. The number of aliphatic hydroxyl groups excluding tert-OH is 1. The number of benzene rings is 2. The third-order valence-corrected chi connectivity index (χ3v) is 10.0. The molecule has 2 saturated heterocycles. The Bertz CT molecular complexity index is 1600. The van der Waals surface area contributed by atoms with Crippen molar-refractivity contribution in [3.8, 4) is 0 Å². The number of ether oxygens (including phenoxy) is 2. The topological polar surface area (TPSA) is 125 Å². The molecule has 0 radical (unpaired) electrons. The molecule has 6 rings (SSSR count). The summed E-state index contributed by atoms with van der Waals surface area (Å²) in [5.74, 6) is -3.80. The van der Waals surface area contributed by atoms with Crippen LogP contribution in [0.1, 0.15) is 51.7 Å². The summed E-state index contributed by atoms with van der Waals surface area (Å²) in [6.07, 6.45) is 6.31. The van der Waals surface area contributed by atoms with E-state index in [0.717, 1.165) is 0 Å². The molecule has 4 aliphatic heterocycles. The van der Waals surface area contributed by atoms with E-state index in [1.54, 1.807) is 60.4 Å². The summed E-state index contributed by atoms with van der Waals surface area (Å²) in [5, 5.41) is 14.1. The highest BCUT2D eigenvalue weighted by Gasteiger charge is 2.72. The number of anilines is 1. The maximum Gasteiger partial charge on any atom is 0.313 e. The second-order valence-electron chi connectivity index (χ2n) is 13.5. The van der Waals surface area contributed by atoms with Crippen LogP contribution in [0.4, 0.5) is 5.69 Å². The summed E-state index contributed by atoms with van der Waals surface area (Å²) in [6.45, 7) is 5.58. The molecule has 0 aliphatic carbocycles. The number of carbonyl (C=O) groups excluding carboxylic acids is 4. The predicted octanol–water partition coefficient (Wildman–Crippen LogP) is 4.37. The van der Waals surface area contributed by atoms with Gasteiger partial charge in [-0.2, -0.15) is 0 Å². The standard InChI is InChI=1S/C37H42ClN3O7/c1-22(2)20-27(21-42)41-33-35(45)40(26-16-14-25(38)15-17-26)19-9-18-37(33)31(34(41)44)30-28(48-37)12-7-8-13-29(43)39-23(3)32(47-36(30)46)24-10-5-4-6-11-24/h4-7,9-12,14-18,22-23,27-28,30-33,42H,8,13,19-21H2,1-3H3,(H,39,43)/b12-7-/t23-,27+,28-,30+,31+,32+,33-,37+/m0/s1. The van der Waals surface area contributed by atoms with Gasteiger partial charge in [-0.3, -0.25) is 19.2 Å². The number of amides is 3. The molecular formula is C37H42ClN3O7. The molecule has 1 spiro atoms. The largest absolute Gasteiger partial charge is 0.455 e. The molecule has 0 aromatic heterocycles. The lowest BCUT2D eigenvalue weighted by molar-refractivity contribution is -0.162. The van der Waals surface area contributed by atoms with E-state index < -0.39 is 59.6 Å². The third kappa shape index (κ3) is 6.17. The Kier molecular flexibility index (Phi) is 9.79. The zero-order valence-electron chi connectivity index (χ0n) is 27.3. The average molecular weight is 676 g/mol. The van der Waals surface area contributed by atoms with Crippen molar-refractivity contribution in [2.75, 3.05) is 18.1 Å². The molecule has 10 nitrogen and oxygen atoms in total. The second-order valence-corrected chi connectivity index (χ2v) is 13.9. The first-order valence-electron chi connectivity index (χ1n) is 16.6. The van der Waals surface area contributed by atoms with Crippen LogP contribution in [0.2, 0.25) is 5.02 Å². The van der Waals surface area contributed by atoms with Crippen LogP contribution in [-0.2, 0) is 28.7 Å². The number of rotatable bonds is 6. The third-order valence-electron chi connectivity index (χ3n) is 9.77. The van der Waals surface area contributed by atoms with Crippen LogP contribution in [0.25, 0.3) is 0 Å². The first-order valence-corrected chi connectivity index (χ1v) is 17.0. The number of allylic oxidation sites excluding steroid dienone is 1. The van der Waals surface area contributed by atoms with Gasteiger partial charge in [0.1, 0.15) is 23.7 Å². The maximum atomic E-state index is 14.8. The molecule has 0 saturated carbocycles. The van der Waals surface area contributed by atoms with Gasteiger partial charge >= 0.3 is 5.97 Å². The molecule has 0 bridgehead atoms. The fourth-order valence-electron chi connectivity index (χ4n) is 7.71. The van der Waals surface area contributed by atoms with Gasteiger partial charge in [0.2, 0.25) is 11.8 Å². The van der Waals surface area contributed by atoms with Crippen LogP contribution in [0.15, 0.2) is 78.9 Å². The van der Waals surface area contributed by atoms with E-state index >= 15 is 0 Å². The number of nitrogens with one attached hydrogen (secondary N) is 1. The van der Waals surface area contributed by atoms with E-state index in [0.29, 0.717) is 29.1 Å². The molecule has 2 fully saturated rings. The van der Waals surface area contributed by atoms with E-state index in [-0.39, 0.29) is 37.3 Å². The lowest BCUT2D eigenvalue weighted by Crippen LogP contribution is -2.58. The van der Waals surface area contributed by atoms with Crippen LogP contribution in [0, 0.1) is 17.8 Å². The van der Waals surface area contributed by atoms with Crippen molar-refractivity contribution in [1.29, 1.82) is 0 Å². The Morgan fingerprint density at radius 2 is 1.75 bits per heavy atom. The summed E-state index contributed by atoms with van der Waals surface area (Å²) in [7, 11) is 0. The fraction of sp³-hybridized carbons (Fsp3) is 0.459. The van der Waals surface area contributed by atoms with Crippen molar-refractivity contribution < 1.29 is 33.8 Å². The van der Waals surface area contributed by atoms with E-state index in [1.807, 2.05) is 44.2 Å². The van der Waals surface area contributed by atoms with E-state index in [4.69, 9.17) is 21.1 Å². The SMILES string of the molecule is CC(C)C[C@H](CO)N1C(=O)[C@H]2[C@@H]3C(=O)O[C@@H](c4ccccc4)[C@H](C)NC(=O)CC/C=C\[C@@H]3O[C@]23C=CCN(c2ccc(Cl)cc2)C(=O)[C@H]13. The molecule has 48 heavy (non-hydrogen) atoms. The maximum absolute atomic E-state index is 14.8. The number of hydrogen-bond donors (Lipinski definition) is 2. The van der Waals surface area contributed by atoms with Crippen molar-refractivity contribution in [2.24, 2.45) is 17.8 Å². The number of esters is 1. The molecule has 0 unspecified atom stereocenters. The second kappa shape index (κ2) is 13.9. The number of carbonyl (C=O) groups is 4. The van der Waals surface area contributed by atoms with Gasteiger partial charge in [0.25, 0.3) is 5.91 Å². The minimum absolute atomic E-state index is 0.0985. The van der Waals surface area contributed by atoms with Gasteiger partial charge in [0.15, 0.2) is 0 Å². The quantitative estimate of drug-likeness (QED) is 0.344. The lowest BCUT2D eigenvalue weighted by atomic mass is 9.77. The number of nitrogens with zero attached hydrogens (tertiary/aromatic N) is 2. The summed E-state index contributed by atoms with van der Waals surface area (Å²) in [6, 6.07) is 13.6. The minimum atomic E-state index is -1.53. The Morgan fingerprint density at radius 3 is 2.44 bits per heavy atom. The van der Waals surface area contributed by atoms with Crippen molar-refractivity contribution in [3.05, 3.63) is 89.5 Å². The molecule has 2 N–H and O–H groups in total. The first kappa shape index (κ1) is 33.9. The molecule has 8 atom stereocenters. The van der Waals surface area contributed by atoms with Gasteiger partial charge in [-0.1, -0.05) is 80.1 Å². The van der Waals surface area contributed by atoms with Gasteiger partial charge in [-0.25, -0.2) is 0 Å². The molecule has 2 aromatic rings. The Balaban J connectivity index is 1.47. The highest BCUT2D eigenvalue weighted by molar-refractivity contribution is 6.30.